The predicted molar refractivity (Wildman–Crippen MR) is 94.2 cm³/mol. The number of halogens is 2. The van der Waals surface area contributed by atoms with Crippen LogP contribution >= 0.6 is 27.5 Å². The summed E-state index contributed by atoms with van der Waals surface area (Å²) in [5.74, 6) is 0.754. The van der Waals surface area contributed by atoms with Gasteiger partial charge < -0.3 is 9.67 Å². The zero-order valence-corrected chi connectivity index (χ0v) is 14.6. The van der Waals surface area contributed by atoms with Crippen molar-refractivity contribution in [2.24, 2.45) is 0 Å². The van der Waals surface area contributed by atoms with E-state index in [9.17, 15) is 5.11 Å². The molecule has 0 aliphatic carbocycles. The Morgan fingerprint density at radius 2 is 1.91 bits per heavy atom. The second-order valence-electron chi connectivity index (χ2n) is 5.12. The monoisotopic (exact) mass is 391 g/mol. The van der Waals surface area contributed by atoms with E-state index >= 15 is 0 Å². The number of aliphatic hydroxyl groups excluding tert-OH is 1. The van der Waals surface area contributed by atoms with E-state index in [-0.39, 0.29) is 6.61 Å². The van der Waals surface area contributed by atoms with Gasteiger partial charge in [-0.3, -0.25) is 4.98 Å². The van der Waals surface area contributed by atoms with E-state index in [1.807, 2.05) is 41.0 Å². The summed E-state index contributed by atoms with van der Waals surface area (Å²) in [6.07, 6.45) is 4.25. The van der Waals surface area contributed by atoms with Gasteiger partial charge in [-0.1, -0.05) is 39.7 Å². The van der Waals surface area contributed by atoms with E-state index in [4.69, 9.17) is 11.6 Å². The lowest BCUT2D eigenvalue weighted by atomic mass is 10.1. The van der Waals surface area contributed by atoms with Crippen LogP contribution in [0.3, 0.4) is 0 Å². The number of hydrogen-bond donors (Lipinski definition) is 1. The molecule has 0 saturated heterocycles. The maximum Gasteiger partial charge on any atom is 0.158 e. The summed E-state index contributed by atoms with van der Waals surface area (Å²) in [7, 11) is 0. The van der Waals surface area contributed by atoms with Crippen LogP contribution in [0.5, 0.6) is 0 Å². The summed E-state index contributed by atoms with van der Waals surface area (Å²) in [5.41, 5.74) is 2.73. The fourth-order valence-corrected chi connectivity index (χ4v) is 2.87. The first-order chi connectivity index (χ1) is 11.2. The molecule has 0 saturated carbocycles. The van der Waals surface area contributed by atoms with Crippen molar-refractivity contribution in [1.29, 1.82) is 0 Å². The number of pyridine rings is 1. The molecule has 3 rings (SSSR count). The Labute approximate surface area is 147 Å². The van der Waals surface area contributed by atoms with Crippen molar-refractivity contribution >= 4 is 27.5 Å². The lowest BCUT2D eigenvalue weighted by Gasteiger charge is -2.11. The van der Waals surface area contributed by atoms with Gasteiger partial charge in [0.1, 0.15) is 5.69 Å². The molecule has 6 heteroatoms. The third kappa shape index (κ3) is 3.80. The molecule has 0 spiro atoms. The number of rotatable bonds is 5. The van der Waals surface area contributed by atoms with Gasteiger partial charge in [0.05, 0.1) is 18.5 Å². The topological polar surface area (TPSA) is 50.9 Å². The third-order valence-corrected chi connectivity index (χ3v) is 4.33. The van der Waals surface area contributed by atoms with Crippen molar-refractivity contribution in [3.8, 4) is 11.5 Å². The predicted octanol–water partition coefficient (Wildman–Crippen LogP) is 4.10. The number of benzene rings is 1. The molecule has 0 atom stereocenters. The lowest BCUT2D eigenvalue weighted by Crippen LogP contribution is -2.08. The second-order valence-corrected chi connectivity index (χ2v) is 6.47. The van der Waals surface area contributed by atoms with Crippen LogP contribution in [0.2, 0.25) is 5.02 Å². The maximum atomic E-state index is 9.56. The molecule has 1 N–H and O–H groups in total. The van der Waals surface area contributed by atoms with E-state index in [0.29, 0.717) is 6.54 Å². The van der Waals surface area contributed by atoms with Gasteiger partial charge in [-0.15, -0.1) is 0 Å². The van der Waals surface area contributed by atoms with Crippen molar-refractivity contribution < 1.29 is 5.11 Å². The molecule has 2 aromatic heterocycles. The molecule has 0 bridgehead atoms. The molecular weight excluding hydrogens is 378 g/mol. The van der Waals surface area contributed by atoms with Crippen LogP contribution in [-0.2, 0) is 19.6 Å². The van der Waals surface area contributed by atoms with Crippen molar-refractivity contribution in [2.75, 3.05) is 0 Å². The van der Waals surface area contributed by atoms with Gasteiger partial charge in [-0.25, -0.2) is 4.98 Å². The molecule has 0 amide bonds. The van der Waals surface area contributed by atoms with E-state index < -0.39 is 0 Å². The van der Waals surface area contributed by atoms with Gasteiger partial charge in [-0.05, 0) is 36.2 Å². The summed E-state index contributed by atoms with van der Waals surface area (Å²) in [5, 5.41) is 10.3. The third-order valence-electron chi connectivity index (χ3n) is 3.59. The van der Waals surface area contributed by atoms with Crippen LogP contribution < -0.4 is 0 Å². The lowest BCUT2D eigenvalue weighted by molar-refractivity contribution is 0.271. The quantitative estimate of drug-likeness (QED) is 0.711. The Kier molecular flexibility index (Phi) is 5.10. The van der Waals surface area contributed by atoms with Crippen molar-refractivity contribution in [3.63, 3.8) is 0 Å². The highest BCUT2D eigenvalue weighted by Crippen LogP contribution is 2.22. The summed E-state index contributed by atoms with van der Waals surface area (Å²) in [6.45, 7) is 0.655. The van der Waals surface area contributed by atoms with E-state index in [1.165, 1.54) is 5.56 Å². The Morgan fingerprint density at radius 1 is 1.13 bits per heavy atom. The van der Waals surface area contributed by atoms with E-state index in [2.05, 4.69) is 25.9 Å². The Balaban J connectivity index is 1.88. The average molecular weight is 393 g/mol. The molecule has 0 aliphatic heterocycles. The van der Waals surface area contributed by atoms with Crippen molar-refractivity contribution in [1.82, 2.24) is 14.5 Å². The second kappa shape index (κ2) is 7.25. The molecule has 118 valence electrons. The van der Waals surface area contributed by atoms with Gasteiger partial charge in [0.25, 0.3) is 0 Å². The highest BCUT2D eigenvalue weighted by Gasteiger charge is 2.13. The van der Waals surface area contributed by atoms with Gasteiger partial charge in [0.15, 0.2) is 5.82 Å². The summed E-state index contributed by atoms with van der Waals surface area (Å²) >= 11 is 9.37. The molecule has 4 nitrogen and oxygen atoms in total. The number of aromatic nitrogens is 3. The first kappa shape index (κ1) is 16.2. The van der Waals surface area contributed by atoms with Crippen LogP contribution in [0.4, 0.5) is 0 Å². The Bertz CT molecular complexity index is 802. The normalized spacial score (nSPS) is 10.9. The standard InChI is InChI=1S/C17H15BrClN3O/c18-13-5-7-20-16(9-13)17-21-10-15(11-23)22(17)8-6-12-1-3-14(19)4-2-12/h1-5,7,9-10,23H,6,8,11H2. The number of nitrogens with zero attached hydrogens (tertiary/aromatic N) is 3. The fourth-order valence-electron chi connectivity index (χ4n) is 2.41. The average Bonchev–Trinajstić information content (AvgIpc) is 2.97. The van der Waals surface area contributed by atoms with Crippen LogP contribution in [-0.4, -0.2) is 19.6 Å². The number of aryl methyl sites for hydroxylation is 1. The minimum Gasteiger partial charge on any atom is -0.390 e. The highest BCUT2D eigenvalue weighted by atomic mass is 79.9. The zero-order chi connectivity index (χ0) is 16.2. The van der Waals surface area contributed by atoms with Crippen molar-refractivity contribution in [3.05, 3.63) is 69.5 Å². The highest BCUT2D eigenvalue weighted by molar-refractivity contribution is 9.10. The summed E-state index contributed by atoms with van der Waals surface area (Å²) in [6, 6.07) is 11.6. The molecule has 3 aromatic rings. The summed E-state index contributed by atoms with van der Waals surface area (Å²) < 4.78 is 2.95. The largest absolute Gasteiger partial charge is 0.390 e. The number of hydrogen-bond acceptors (Lipinski definition) is 3. The minimum atomic E-state index is -0.0539. The van der Waals surface area contributed by atoms with Gasteiger partial charge >= 0.3 is 0 Å². The van der Waals surface area contributed by atoms with Gasteiger partial charge in [0.2, 0.25) is 0 Å². The molecular formula is C17H15BrClN3O. The van der Waals surface area contributed by atoms with Gasteiger partial charge in [-0.2, -0.15) is 0 Å². The van der Waals surface area contributed by atoms with E-state index in [1.54, 1.807) is 12.4 Å². The van der Waals surface area contributed by atoms with Crippen LogP contribution in [0.15, 0.2) is 53.3 Å². The molecule has 2 heterocycles. The molecule has 0 radical (unpaired) electrons. The number of aliphatic hydroxyl groups is 1. The molecule has 0 aliphatic rings. The minimum absolute atomic E-state index is 0.0539. The molecule has 0 unspecified atom stereocenters. The van der Waals surface area contributed by atoms with Crippen LogP contribution in [0, 0.1) is 0 Å². The van der Waals surface area contributed by atoms with E-state index in [0.717, 1.165) is 33.1 Å². The number of imidazole rings is 1. The Hall–Kier alpha value is -1.69. The molecule has 0 fully saturated rings. The van der Waals surface area contributed by atoms with Gasteiger partial charge in [0, 0.05) is 22.2 Å². The smallest absolute Gasteiger partial charge is 0.158 e. The first-order valence-corrected chi connectivity index (χ1v) is 8.36. The first-order valence-electron chi connectivity index (χ1n) is 7.19. The zero-order valence-electron chi connectivity index (χ0n) is 12.3. The van der Waals surface area contributed by atoms with Crippen molar-refractivity contribution in [2.45, 2.75) is 19.6 Å². The van der Waals surface area contributed by atoms with Crippen LogP contribution in [0.1, 0.15) is 11.3 Å². The molecule has 23 heavy (non-hydrogen) atoms. The summed E-state index contributed by atoms with van der Waals surface area (Å²) in [4.78, 5) is 8.80. The Morgan fingerprint density at radius 3 is 2.61 bits per heavy atom. The van der Waals surface area contributed by atoms with Crippen LogP contribution in [0.25, 0.3) is 11.5 Å². The SMILES string of the molecule is OCc1cnc(-c2cc(Br)ccn2)n1CCc1ccc(Cl)cc1. The maximum absolute atomic E-state index is 9.56. The fraction of sp³-hybridized carbons (Fsp3) is 0.176. The molecule has 1 aromatic carbocycles.